The zero-order valence-electron chi connectivity index (χ0n) is 15.4. The molecule has 0 atom stereocenters. The number of nitrogens with one attached hydrogen (secondary N) is 1. The molecule has 0 aromatic carbocycles. The van der Waals surface area contributed by atoms with Gasteiger partial charge in [0.2, 0.25) is 5.91 Å². The lowest BCUT2D eigenvalue weighted by molar-refractivity contribution is -0.184. The van der Waals surface area contributed by atoms with Crippen molar-refractivity contribution in [2.45, 2.75) is 57.1 Å². The fraction of sp³-hybridized carbons (Fsp3) is 0.600. The Hall–Kier alpha value is -1.63. The Morgan fingerprint density at radius 2 is 2.07 bits per heavy atom. The maximum Gasteiger partial charge on any atom is 0.224 e. The number of carbonyl (C=O) groups excluding carboxylic acids is 1. The number of carbonyl (C=O) groups is 1. The van der Waals surface area contributed by atoms with Gasteiger partial charge in [-0.2, -0.15) is 0 Å². The summed E-state index contributed by atoms with van der Waals surface area (Å²) in [6, 6.07) is 1.87. The van der Waals surface area contributed by atoms with Crippen molar-refractivity contribution >= 4 is 34.2 Å². The van der Waals surface area contributed by atoms with E-state index in [0.717, 1.165) is 18.2 Å². The first-order valence-electron chi connectivity index (χ1n) is 9.77. The summed E-state index contributed by atoms with van der Waals surface area (Å²) in [6.45, 7) is 1.07. The molecular weight excluding hydrogens is 366 g/mol. The second-order valence-electron chi connectivity index (χ2n) is 7.99. The third-order valence-corrected chi connectivity index (χ3v) is 6.06. The molecular formula is C20H26ClN3O3. The third-order valence-electron chi connectivity index (χ3n) is 5.65. The molecule has 2 aromatic rings. The van der Waals surface area contributed by atoms with Gasteiger partial charge in [-0.15, -0.1) is 0 Å². The van der Waals surface area contributed by atoms with E-state index in [0.29, 0.717) is 48.5 Å². The molecule has 7 heteroatoms. The van der Waals surface area contributed by atoms with Crippen LogP contribution in [0.5, 0.6) is 0 Å². The summed E-state index contributed by atoms with van der Waals surface area (Å²) in [6.07, 6.45) is 11.3. The van der Waals surface area contributed by atoms with Crippen LogP contribution in [0.2, 0.25) is 5.02 Å². The first-order chi connectivity index (χ1) is 13.0. The summed E-state index contributed by atoms with van der Waals surface area (Å²) in [7, 11) is 0. The molecule has 0 radical (unpaired) electrons. The minimum Gasteiger partial charge on any atom is -0.383 e. The van der Waals surface area contributed by atoms with Gasteiger partial charge in [0, 0.05) is 18.0 Å². The highest BCUT2D eigenvalue weighted by Crippen LogP contribution is 2.32. The Balaban J connectivity index is 1.46. The van der Waals surface area contributed by atoms with Crippen LogP contribution in [-0.4, -0.2) is 39.4 Å². The van der Waals surface area contributed by atoms with Crippen molar-refractivity contribution < 1.29 is 14.6 Å². The fourth-order valence-corrected chi connectivity index (χ4v) is 4.34. The minimum absolute atomic E-state index is 0.00492. The van der Waals surface area contributed by atoms with E-state index in [9.17, 15) is 9.90 Å². The number of amides is 1. The van der Waals surface area contributed by atoms with E-state index in [-0.39, 0.29) is 5.91 Å². The molecule has 0 spiro atoms. The van der Waals surface area contributed by atoms with Gasteiger partial charge in [-0.25, -0.2) is 4.98 Å². The lowest BCUT2D eigenvalue weighted by Crippen LogP contribution is -2.52. The highest BCUT2D eigenvalue weighted by molar-refractivity contribution is 6.38. The number of aromatic nitrogens is 2. The molecule has 3 heterocycles. The molecule has 2 aliphatic rings. The van der Waals surface area contributed by atoms with Gasteiger partial charge in [-0.05, 0) is 24.8 Å². The molecule has 1 aliphatic carbocycles. The largest absolute Gasteiger partial charge is 0.383 e. The number of nitrogens with zero attached hydrogens (tertiary/aromatic N) is 2. The van der Waals surface area contributed by atoms with E-state index in [1.165, 1.54) is 25.7 Å². The van der Waals surface area contributed by atoms with Gasteiger partial charge < -0.3 is 19.7 Å². The number of hydrogen-bond donors (Lipinski definition) is 2. The maximum absolute atomic E-state index is 12.5. The van der Waals surface area contributed by atoms with Crippen molar-refractivity contribution in [2.75, 3.05) is 18.5 Å². The number of fused-ring (bicyclic) bond motifs is 1. The number of rotatable bonds is 5. The van der Waals surface area contributed by atoms with Crippen LogP contribution in [0.1, 0.15) is 44.9 Å². The lowest BCUT2D eigenvalue weighted by atomic mass is 9.96. The van der Waals surface area contributed by atoms with E-state index in [1.54, 1.807) is 6.20 Å². The van der Waals surface area contributed by atoms with Crippen LogP contribution in [0.15, 0.2) is 18.5 Å². The molecule has 146 valence electrons. The smallest absolute Gasteiger partial charge is 0.224 e. The minimum atomic E-state index is -0.842. The number of halogens is 1. The average molecular weight is 392 g/mol. The Labute approximate surface area is 163 Å². The monoisotopic (exact) mass is 391 g/mol. The van der Waals surface area contributed by atoms with Gasteiger partial charge in [-0.1, -0.05) is 37.3 Å². The Morgan fingerprint density at radius 3 is 2.74 bits per heavy atom. The van der Waals surface area contributed by atoms with Gasteiger partial charge in [-0.3, -0.25) is 4.79 Å². The van der Waals surface area contributed by atoms with Crippen molar-refractivity contribution in [3.05, 3.63) is 23.5 Å². The number of anilines is 1. The number of pyridine rings is 1. The molecule has 1 saturated carbocycles. The number of hydrogen-bond acceptors (Lipinski definition) is 4. The van der Waals surface area contributed by atoms with E-state index in [4.69, 9.17) is 16.3 Å². The molecule has 1 aliphatic heterocycles. The molecule has 2 fully saturated rings. The predicted octanol–water partition coefficient (Wildman–Crippen LogP) is 3.75. The molecule has 2 N–H and O–H groups in total. The number of aliphatic hydroxyl groups is 1. The first-order valence-corrected chi connectivity index (χ1v) is 10.2. The van der Waals surface area contributed by atoms with Crippen molar-refractivity contribution in [1.29, 1.82) is 0 Å². The summed E-state index contributed by atoms with van der Waals surface area (Å²) in [5.41, 5.74) is 0.402. The molecule has 6 nitrogen and oxygen atoms in total. The molecule has 27 heavy (non-hydrogen) atoms. The highest BCUT2D eigenvalue weighted by atomic mass is 35.5. The van der Waals surface area contributed by atoms with Gasteiger partial charge in [0.25, 0.3) is 0 Å². The van der Waals surface area contributed by atoms with E-state index in [2.05, 4.69) is 10.3 Å². The van der Waals surface area contributed by atoms with Crippen LogP contribution in [0.25, 0.3) is 11.0 Å². The van der Waals surface area contributed by atoms with Crippen molar-refractivity contribution in [1.82, 2.24) is 9.55 Å². The highest BCUT2D eigenvalue weighted by Gasteiger charge is 2.36. The first kappa shape index (κ1) is 18.7. The van der Waals surface area contributed by atoms with Crippen molar-refractivity contribution in [3.63, 3.8) is 0 Å². The van der Waals surface area contributed by atoms with Gasteiger partial charge in [0.05, 0.1) is 36.7 Å². The zero-order chi connectivity index (χ0) is 18.9. The molecule has 4 rings (SSSR count). The fourth-order valence-electron chi connectivity index (χ4n) is 4.10. The molecule has 0 unspecified atom stereocenters. The Kier molecular flexibility index (Phi) is 5.39. The van der Waals surface area contributed by atoms with E-state index < -0.39 is 5.60 Å². The summed E-state index contributed by atoms with van der Waals surface area (Å²) >= 11 is 6.53. The Bertz CT molecular complexity index is 823. The molecule has 2 aromatic heterocycles. The van der Waals surface area contributed by atoms with Gasteiger partial charge >= 0.3 is 0 Å². The topological polar surface area (TPSA) is 76.4 Å². The summed E-state index contributed by atoms with van der Waals surface area (Å²) in [4.78, 5) is 16.9. The van der Waals surface area contributed by atoms with Crippen molar-refractivity contribution in [3.8, 4) is 0 Å². The predicted molar refractivity (Wildman–Crippen MR) is 105 cm³/mol. The van der Waals surface area contributed by atoms with Crippen molar-refractivity contribution in [2.24, 2.45) is 5.92 Å². The molecule has 1 saturated heterocycles. The van der Waals surface area contributed by atoms with E-state index in [1.807, 2.05) is 16.8 Å². The zero-order valence-corrected chi connectivity index (χ0v) is 16.2. The van der Waals surface area contributed by atoms with Crippen LogP contribution in [0.3, 0.4) is 0 Å². The van der Waals surface area contributed by atoms with Crippen LogP contribution >= 0.6 is 11.6 Å². The second kappa shape index (κ2) is 7.78. The Morgan fingerprint density at radius 1 is 1.33 bits per heavy atom. The molecule has 1 amide bonds. The van der Waals surface area contributed by atoms with Crippen LogP contribution in [0.4, 0.5) is 5.69 Å². The third kappa shape index (κ3) is 4.13. The maximum atomic E-state index is 12.5. The summed E-state index contributed by atoms with van der Waals surface area (Å²) in [5.74, 6) is 0.472. The van der Waals surface area contributed by atoms with Crippen LogP contribution in [-0.2, 0) is 16.1 Å². The standard InChI is InChI=1S/C20H26ClN3O3/c21-18-15-7-8-24(11-20(26)12-27-13-20)19(15)22-10-16(18)23-17(25)9-14-5-3-1-2-4-6-14/h7-8,10,14,26H,1-6,9,11-13H2,(H,23,25). The summed E-state index contributed by atoms with van der Waals surface area (Å²) < 4.78 is 6.97. The lowest BCUT2D eigenvalue weighted by Gasteiger charge is -2.36. The quantitative estimate of drug-likeness (QED) is 0.761. The van der Waals surface area contributed by atoms with Gasteiger partial charge in [0.15, 0.2) is 0 Å². The average Bonchev–Trinajstić information content (AvgIpc) is 2.84. The SMILES string of the molecule is O=C(CC1CCCCCC1)Nc1cnc2c(ccn2CC2(O)COC2)c1Cl. The van der Waals surface area contributed by atoms with Gasteiger partial charge in [0.1, 0.15) is 11.2 Å². The number of ether oxygens (including phenoxy) is 1. The summed E-state index contributed by atoms with van der Waals surface area (Å²) in [5, 5.41) is 14.5. The van der Waals surface area contributed by atoms with Crippen LogP contribution < -0.4 is 5.32 Å². The molecule has 0 bridgehead atoms. The van der Waals surface area contributed by atoms with E-state index >= 15 is 0 Å². The second-order valence-corrected chi connectivity index (χ2v) is 8.37. The van der Waals surface area contributed by atoms with Crippen LogP contribution in [0, 0.1) is 5.92 Å². The normalized spacial score (nSPS) is 20.2.